The van der Waals surface area contributed by atoms with Crippen LogP contribution < -0.4 is 9.80 Å². The summed E-state index contributed by atoms with van der Waals surface area (Å²) in [6, 6.07) is 7.15. The molecule has 1 aromatic carbocycles. The number of carbonyl (C=O) groups is 1. The minimum Gasteiger partial charge on any atom is -0.381 e. The summed E-state index contributed by atoms with van der Waals surface area (Å²) in [4.78, 5) is 19.3. The average molecular weight is 490 g/mol. The number of ether oxygens (including phenoxy) is 1. The maximum absolute atomic E-state index is 11.9. The Labute approximate surface area is 212 Å². The molecule has 34 heavy (non-hydrogen) atoms. The molecule has 0 amide bonds. The van der Waals surface area contributed by atoms with Crippen LogP contribution in [0.25, 0.3) is 5.57 Å². The van der Waals surface area contributed by atoms with Gasteiger partial charge < -0.3 is 14.5 Å². The Kier molecular flexibility index (Phi) is 9.48. The van der Waals surface area contributed by atoms with Crippen LogP contribution in [0.15, 0.2) is 24.3 Å². The summed E-state index contributed by atoms with van der Waals surface area (Å²) >= 11 is 0. The number of benzene rings is 1. The van der Waals surface area contributed by atoms with Crippen molar-refractivity contribution in [3.05, 3.63) is 29.8 Å². The van der Waals surface area contributed by atoms with Gasteiger partial charge in [0.25, 0.3) is 0 Å². The fraction of sp³-hybridized carbons (Fsp3) is 0.679. The quantitative estimate of drug-likeness (QED) is 0.511. The van der Waals surface area contributed by atoms with Gasteiger partial charge in [0.15, 0.2) is 0 Å². The van der Waals surface area contributed by atoms with Crippen LogP contribution in [-0.2, 0) is 9.53 Å². The summed E-state index contributed by atoms with van der Waals surface area (Å²) in [6.45, 7) is 13.4. The van der Waals surface area contributed by atoms with Crippen molar-refractivity contribution in [2.45, 2.75) is 65.4 Å². The van der Waals surface area contributed by atoms with Gasteiger partial charge in [-0.2, -0.15) is 0 Å². The molecule has 2 aliphatic heterocycles. The number of anilines is 2. The molecule has 1 aromatic rings. The molecule has 6 heteroatoms. The summed E-state index contributed by atoms with van der Waals surface area (Å²) in [5.41, 5.74) is 6.07. The fourth-order valence-electron chi connectivity index (χ4n) is 5.43. The van der Waals surface area contributed by atoms with Crippen molar-refractivity contribution in [1.29, 1.82) is 0 Å². The molecule has 190 valence electrons. The lowest BCUT2D eigenvalue weighted by molar-refractivity contribution is -0.119. The number of halogens is 1. The summed E-state index contributed by atoms with van der Waals surface area (Å²) in [5, 5.41) is 0. The first-order valence-electron chi connectivity index (χ1n) is 13.0. The Morgan fingerprint density at radius 1 is 1.06 bits per heavy atom. The number of hydrogen-bond acceptors (Lipinski definition) is 5. The molecule has 0 saturated carbocycles. The number of nitrogens with zero attached hydrogens (tertiary/aromatic N) is 3. The van der Waals surface area contributed by atoms with Gasteiger partial charge >= 0.3 is 0 Å². The highest BCUT2D eigenvalue weighted by atomic mass is 35.5. The molecule has 0 unspecified atom stereocenters. The number of carbonyl (C=O) groups excluding carboxylic acids is 1. The fourth-order valence-corrected chi connectivity index (χ4v) is 5.43. The smallest absolute Gasteiger partial charge is 0.146 e. The number of piperidine rings is 1. The highest BCUT2D eigenvalue weighted by Crippen LogP contribution is 2.42. The van der Waals surface area contributed by atoms with E-state index in [1.165, 1.54) is 28.9 Å². The minimum atomic E-state index is 0. The number of rotatable bonds is 7. The Hall–Kier alpha value is -1.56. The molecule has 5 nitrogen and oxygen atoms in total. The Balaban J connectivity index is 0.00000324. The van der Waals surface area contributed by atoms with Gasteiger partial charge in [-0.05, 0) is 61.3 Å². The van der Waals surface area contributed by atoms with Crippen molar-refractivity contribution in [2.24, 2.45) is 5.41 Å². The molecule has 3 aliphatic rings. The topological polar surface area (TPSA) is 36.0 Å². The van der Waals surface area contributed by atoms with Crippen molar-refractivity contribution in [3.63, 3.8) is 0 Å². The van der Waals surface area contributed by atoms with E-state index in [1.807, 2.05) is 14.0 Å². The van der Waals surface area contributed by atoms with E-state index >= 15 is 0 Å². The number of piperazine rings is 1. The third kappa shape index (κ3) is 6.56. The lowest BCUT2D eigenvalue weighted by Gasteiger charge is -2.38. The Bertz CT molecular complexity index is 853. The molecule has 2 fully saturated rings. The van der Waals surface area contributed by atoms with Gasteiger partial charge in [-0.25, -0.2) is 0 Å². The molecule has 0 radical (unpaired) electrons. The van der Waals surface area contributed by atoms with E-state index in [0.717, 1.165) is 65.0 Å². The molecule has 2 heterocycles. The third-order valence-corrected chi connectivity index (χ3v) is 7.95. The SMILES string of the molecule is CCC(=O)CN1CCN(c2ccc(N3CCC(OC)CC3)cc2C2=CCC(C)(C)CC2)CC1.Cl. The van der Waals surface area contributed by atoms with E-state index in [-0.39, 0.29) is 12.4 Å². The maximum atomic E-state index is 11.9. The molecule has 0 spiro atoms. The standard InChI is InChI=1S/C28H43N3O2.ClH/c1-5-24(32)21-29-16-18-31(19-17-29)27-7-6-23(30-14-10-25(33-4)11-15-30)20-26(27)22-8-12-28(2,3)13-9-22;/h6-8,20,25H,5,9-19,21H2,1-4H3;1H. The van der Waals surface area contributed by atoms with E-state index in [1.54, 1.807) is 0 Å². The second-order valence-corrected chi connectivity index (χ2v) is 10.9. The minimum absolute atomic E-state index is 0. The predicted octanol–water partition coefficient (Wildman–Crippen LogP) is 5.42. The van der Waals surface area contributed by atoms with Gasteiger partial charge in [0.2, 0.25) is 0 Å². The molecule has 4 rings (SSSR count). The lowest BCUT2D eigenvalue weighted by atomic mass is 9.76. The van der Waals surface area contributed by atoms with Gasteiger partial charge in [-0.1, -0.05) is 26.8 Å². The van der Waals surface area contributed by atoms with E-state index in [9.17, 15) is 4.79 Å². The van der Waals surface area contributed by atoms with Crippen LogP contribution in [-0.4, -0.2) is 69.7 Å². The van der Waals surface area contributed by atoms with Crippen LogP contribution >= 0.6 is 12.4 Å². The molecule has 1 aliphatic carbocycles. The zero-order chi connectivity index (χ0) is 23.4. The van der Waals surface area contributed by atoms with Crippen LogP contribution in [0.5, 0.6) is 0 Å². The van der Waals surface area contributed by atoms with Crippen molar-refractivity contribution in [2.75, 3.05) is 62.7 Å². The second kappa shape index (κ2) is 11.9. The molecule has 0 aromatic heterocycles. The highest BCUT2D eigenvalue weighted by molar-refractivity contribution is 5.85. The highest BCUT2D eigenvalue weighted by Gasteiger charge is 2.27. The zero-order valence-electron chi connectivity index (χ0n) is 21.6. The van der Waals surface area contributed by atoms with Crippen LogP contribution in [0, 0.1) is 5.41 Å². The lowest BCUT2D eigenvalue weighted by Crippen LogP contribution is -2.48. The summed E-state index contributed by atoms with van der Waals surface area (Å²) in [5.74, 6) is 0.348. The maximum Gasteiger partial charge on any atom is 0.146 e. The van der Waals surface area contributed by atoms with Crippen molar-refractivity contribution >= 4 is 35.1 Å². The van der Waals surface area contributed by atoms with E-state index < -0.39 is 0 Å². The molecule has 2 saturated heterocycles. The van der Waals surface area contributed by atoms with Gasteiger partial charge in [0, 0.05) is 69.7 Å². The Morgan fingerprint density at radius 3 is 2.35 bits per heavy atom. The van der Waals surface area contributed by atoms with Crippen LogP contribution in [0.1, 0.15) is 64.9 Å². The zero-order valence-corrected chi connectivity index (χ0v) is 22.5. The number of ketones is 1. The second-order valence-electron chi connectivity index (χ2n) is 10.9. The summed E-state index contributed by atoms with van der Waals surface area (Å²) in [7, 11) is 1.84. The van der Waals surface area contributed by atoms with Crippen LogP contribution in [0.3, 0.4) is 0 Å². The van der Waals surface area contributed by atoms with E-state index in [2.05, 4.69) is 52.8 Å². The normalized spacial score (nSPS) is 21.7. The average Bonchev–Trinajstić information content (AvgIpc) is 2.84. The molecule has 0 N–H and O–H groups in total. The molecular formula is C28H44ClN3O2. The number of hydrogen-bond donors (Lipinski definition) is 0. The van der Waals surface area contributed by atoms with Gasteiger partial charge in [0.05, 0.1) is 12.6 Å². The first kappa shape index (κ1) is 27.0. The van der Waals surface area contributed by atoms with Crippen molar-refractivity contribution < 1.29 is 9.53 Å². The van der Waals surface area contributed by atoms with Crippen molar-refractivity contribution in [3.8, 4) is 0 Å². The van der Waals surface area contributed by atoms with E-state index in [0.29, 0.717) is 30.3 Å². The van der Waals surface area contributed by atoms with Gasteiger partial charge in [0.1, 0.15) is 5.78 Å². The first-order valence-corrected chi connectivity index (χ1v) is 13.0. The number of allylic oxidation sites excluding steroid dienone is 2. The van der Waals surface area contributed by atoms with E-state index in [4.69, 9.17) is 4.74 Å². The summed E-state index contributed by atoms with van der Waals surface area (Å²) in [6.07, 6.45) is 9.29. The number of Topliss-reactive ketones (excluding diaryl/α,β-unsaturated/α-hetero) is 1. The molecular weight excluding hydrogens is 446 g/mol. The largest absolute Gasteiger partial charge is 0.381 e. The Morgan fingerprint density at radius 2 is 1.76 bits per heavy atom. The van der Waals surface area contributed by atoms with Crippen LogP contribution in [0.2, 0.25) is 0 Å². The summed E-state index contributed by atoms with van der Waals surface area (Å²) < 4.78 is 5.58. The third-order valence-electron chi connectivity index (χ3n) is 7.95. The monoisotopic (exact) mass is 489 g/mol. The molecule has 0 atom stereocenters. The number of methoxy groups -OCH3 is 1. The van der Waals surface area contributed by atoms with Crippen molar-refractivity contribution in [1.82, 2.24) is 4.90 Å². The van der Waals surface area contributed by atoms with Crippen LogP contribution in [0.4, 0.5) is 11.4 Å². The van der Waals surface area contributed by atoms with Gasteiger partial charge in [-0.15, -0.1) is 12.4 Å². The predicted molar refractivity (Wildman–Crippen MR) is 145 cm³/mol. The first-order chi connectivity index (χ1) is 15.9. The van der Waals surface area contributed by atoms with Gasteiger partial charge in [-0.3, -0.25) is 9.69 Å². The molecule has 0 bridgehead atoms.